The Balaban J connectivity index is 3.74. The largest absolute Gasteiger partial charge is 0.385 e. The zero-order chi connectivity index (χ0) is 12.6. The summed E-state index contributed by atoms with van der Waals surface area (Å²) in [6.07, 6.45) is 0.773. The topological polar surface area (TPSA) is 58.6 Å². The molecule has 6 heteroatoms. The predicted octanol–water partition coefficient (Wildman–Crippen LogP) is 0.381. The van der Waals surface area contributed by atoms with Crippen molar-refractivity contribution in [3.63, 3.8) is 0 Å². The normalized spacial score (nSPS) is 12.0. The predicted molar refractivity (Wildman–Crippen MR) is 65.5 cm³/mol. The van der Waals surface area contributed by atoms with Gasteiger partial charge in [-0.3, -0.25) is 9.59 Å². The molecule has 0 aliphatic rings. The van der Waals surface area contributed by atoms with Crippen LogP contribution in [0.5, 0.6) is 0 Å². The van der Waals surface area contributed by atoms with Gasteiger partial charge in [-0.05, 0) is 13.3 Å². The van der Waals surface area contributed by atoms with Gasteiger partial charge in [-0.2, -0.15) is 0 Å². The van der Waals surface area contributed by atoms with E-state index in [1.54, 1.807) is 21.1 Å². The van der Waals surface area contributed by atoms with E-state index in [1.165, 1.54) is 4.90 Å². The van der Waals surface area contributed by atoms with Crippen molar-refractivity contribution < 1.29 is 14.3 Å². The van der Waals surface area contributed by atoms with Crippen molar-refractivity contribution in [2.45, 2.75) is 18.2 Å². The molecule has 0 bridgehead atoms. The number of nitrogens with zero attached hydrogens (tertiary/aromatic N) is 1. The summed E-state index contributed by atoms with van der Waals surface area (Å²) >= 11 is 3.16. The molecular weight excluding hydrogens is 276 g/mol. The van der Waals surface area contributed by atoms with Crippen LogP contribution >= 0.6 is 15.9 Å². The molecule has 0 saturated carbocycles. The highest BCUT2D eigenvalue weighted by molar-refractivity contribution is 9.10. The monoisotopic (exact) mass is 294 g/mol. The first-order chi connectivity index (χ1) is 7.49. The number of carbonyl (C=O) groups excluding carboxylic acids is 2. The van der Waals surface area contributed by atoms with Crippen LogP contribution in [0.15, 0.2) is 0 Å². The molecule has 16 heavy (non-hydrogen) atoms. The van der Waals surface area contributed by atoms with E-state index in [0.29, 0.717) is 13.2 Å². The third-order valence-corrected chi connectivity index (χ3v) is 2.34. The minimum Gasteiger partial charge on any atom is -0.385 e. The van der Waals surface area contributed by atoms with Gasteiger partial charge in [0.25, 0.3) is 0 Å². The Labute approximate surface area is 105 Å². The molecule has 1 unspecified atom stereocenters. The Morgan fingerprint density at radius 1 is 1.50 bits per heavy atom. The van der Waals surface area contributed by atoms with E-state index in [4.69, 9.17) is 4.74 Å². The Kier molecular flexibility index (Phi) is 8.19. The van der Waals surface area contributed by atoms with Gasteiger partial charge in [0.05, 0.1) is 11.4 Å². The zero-order valence-corrected chi connectivity index (χ0v) is 11.5. The minimum absolute atomic E-state index is 0.0851. The lowest BCUT2D eigenvalue weighted by Gasteiger charge is -2.18. The Morgan fingerprint density at radius 3 is 2.62 bits per heavy atom. The second-order valence-electron chi connectivity index (χ2n) is 3.51. The van der Waals surface area contributed by atoms with Crippen molar-refractivity contribution in [2.75, 3.05) is 33.9 Å². The van der Waals surface area contributed by atoms with Crippen molar-refractivity contribution in [3.8, 4) is 0 Å². The van der Waals surface area contributed by atoms with Crippen molar-refractivity contribution >= 4 is 27.7 Å². The quantitative estimate of drug-likeness (QED) is 0.546. The second-order valence-corrected chi connectivity index (χ2v) is 4.88. The summed E-state index contributed by atoms with van der Waals surface area (Å²) in [5, 5.41) is 2.71. The fraction of sp³-hybridized carbons (Fsp3) is 0.800. The molecule has 0 aromatic carbocycles. The van der Waals surface area contributed by atoms with Gasteiger partial charge in [-0.25, -0.2) is 0 Å². The molecule has 0 aromatic heterocycles. The number of methoxy groups -OCH3 is 1. The molecule has 5 nitrogen and oxygen atoms in total. The van der Waals surface area contributed by atoms with Gasteiger partial charge >= 0.3 is 0 Å². The first-order valence-electron chi connectivity index (χ1n) is 5.13. The zero-order valence-electron chi connectivity index (χ0n) is 9.96. The van der Waals surface area contributed by atoms with E-state index in [9.17, 15) is 9.59 Å². The Hall–Kier alpha value is -0.620. The van der Waals surface area contributed by atoms with E-state index in [1.807, 2.05) is 0 Å². The van der Waals surface area contributed by atoms with Crippen LogP contribution in [0.4, 0.5) is 0 Å². The summed E-state index contributed by atoms with van der Waals surface area (Å²) < 4.78 is 4.85. The number of amides is 2. The van der Waals surface area contributed by atoms with Gasteiger partial charge in [-0.15, -0.1) is 0 Å². The molecule has 0 fully saturated rings. The number of ether oxygens (including phenoxy) is 1. The highest BCUT2D eigenvalue weighted by Gasteiger charge is 2.16. The lowest BCUT2D eigenvalue weighted by atomic mass is 10.4. The average molecular weight is 295 g/mol. The van der Waals surface area contributed by atoms with Crippen molar-refractivity contribution in [3.05, 3.63) is 0 Å². The Morgan fingerprint density at radius 2 is 2.12 bits per heavy atom. The van der Waals surface area contributed by atoms with Gasteiger partial charge in [0.1, 0.15) is 0 Å². The van der Waals surface area contributed by atoms with Crippen LogP contribution in [0.25, 0.3) is 0 Å². The third-order valence-electron chi connectivity index (χ3n) is 1.94. The maximum Gasteiger partial charge on any atom is 0.239 e. The smallest absolute Gasteiger partial charge is 0.239 e. The molecule has 1 atom stereocenters. The SMILES string of the molecule is COCCCNC(=O)CN(C)C(=O)C(C)Br. The second kappa shape index (κ2) is 8.52. The molecule has 0 spiro atoms. The Bertz CT molecular complexity index is 234. The summed E-state index contributed by atoms with van der Waals surface area (Å²) in [4.78, 5) is 23.9. The number of hydrogen-bond donors (Lipinski definition) is 1. The lowest BCUT2D eigenvalue weighted by Crippen LogP contribution is -2.41. The van der Waals surface area contributed by atoms with Crippen LogP contribution in [0.2, 0.25) is 0 Å². The molecule has 94 valence electrons. The summed E-state index contributed by atoms with van der Waals surface area (Å²) in [5.74, 6) is -0.257. The van der Waals surface area contributed by atoms with Gasteiger partial charge in [-0.1, -0.05) is 15.9 Å². The molecular formula is C10H19BrN2O3. The lowest BCUT2D eigenvalue weighted by molar-refractivity contribution is -0.133. The maximum atomic E-state index is 11.4. The first kappa shape index (κ1) is 15.4. The number of carbonyl (C=O) groups is 2. The highest BCUT2D eigenvalue weighted by Crippen LogP contribution is 2.01. The van der Waals surface area contributed by atoms with E-state index in [-0.39, 0.29) is 23.2 Å². The summed E-state index contributed by atoms with van der Waals surface area (Å²) in [6.45, 7) is 3.00. The van der Waals surface area contributed by atoms with Crippen molar-refractivity contribution in [1.82, 2.24) is 10.2 Å². The van der Waals surface area contributed by atoms with E-state index >= 15 is 0 Å². The molecule has 0 heterocycles. The van der Waals surface area contributed by atoms with Gasteiger partial charge < -0.3 is 15.0 Å². The third kappa shape index (κ3) is 6.79. The van der Waals surface area contributed by atoms with Crippen LogP contribution in [0.3, 0.4) is 0 Å². The molecule has 0 aliphatic carbocycles. The number of hydrogen-bond acceptors (Lipinski definition) is 3. The van der Waals surface area contributed by atoms with Crippen molar-refractivity contribution in [2.24, 2.45) is 0 Å². The van der Waals surface area contributed by atoms with Crippen molar-refractivity contribution in [1.29, 1.82) is 0 Å². The van der Waals surface area contributed by atoms with Crippen LogP contribution in [0, 0.1) is 0 Å². The van der Waals surface area contributed by atoms with Gasteiger partial charge in [0.15, 0.2) is 0 Å². The fourth-order valence-corrected chi connectivity index (χ4v) is 1.45. The maximum absolute atomic E-state index is 11.4. The minimum atomic E-state index is -0.265. The highest BCUT2D eigenvalue weighted by atomic mass is 79.9. The van der Waals surface area contributed by atoms with Crippen LogP contribution in [-0.4, -0.2) is 55.4 Å². The van der Waals surface area contributed by atoms with E-state index in [0.717, 1.165) is 6.42 Å². The number of likely N-dealkylation sites (N-methyl/N-ethyl adjacent to an activating group) is 1. The summed E-state index contributed by atoms with van der Waals surface area (Å²) in [6, 6.07) is 0. The summed E-state index contributed by atoms with van der Waals surface area (Å²) in [7, 11) is 3.22. The van der Waals surface area contributed by atoms with Gasteiger partial charge in [0, 0.05) is 27.3 Å². The number of halogens is 1. The number of nitrogens with one attached hydrogen (secondary N) is 1. The van der Waals surface area contributed by atoms with E-state index < -0.39 is 0 Å². The molecule has 0 aromatic rings. The van der Waals surface area contributed by atoms with Crippen LogP contribution in [0.1, 0.15) is 13.3 Å². The first-order valence-corrected chi connectivity index (χ1v) is 6.05. The number of rotatable bonds is 7. The molecule has 0 rings (SSSR count). The summed E-state index contributed by atoms with van der Waals surface area (Å²) in [5.41, 5.74) is 0. The molecule has 2 amide bonds. The van der Waals surface area contributed by atoms with Crippen LogP contribution < -0.4 is 5.32 Å². The van der Waals surface area contributed by atoms with Gasteiger partial charge in [0.2, 0.25) is 11.8 Å². The standard InChI is InChI=1S/C10H19BrN2O3/c1-8(11)10(15)13(2)7-9(14)12-5-4-6-16-3/h8H,4-7H2,1-3H3,(H,12,14). The fourth-order valence-electron chi connectivity index (χ4n) is 1.10. The molecule has 1 N–H and O–H groups in total. The molecule has 0 saturated heterocycles. The molecule has 0 aliphatic heterocycles. The van der Waals surface area contributed by atoms with Crippen LogP contribution in [-0.2, 0) is 14.3 Å². The molecule has 0 radical (unpaired) electrons. The average Bonchev–Trinajstić information content (AvgIpc) is 2.23. The van der Waals surface area contributed by atoms with E-state index in [2.05, 4.69) is 21.2 Å². The number of alkyl halides is 1.